The quantitative estimate of drug-likeness (QED) is 0.367. The van der Waals surface area contributed by atoms with Gasteiger partial charge in [0.2, 0.25) is 5.89 Å². The minimum Gasteiger partial charge on any atom is -0.416 e. The van der Waals surface area contributed by atoms with Crippen molar-refractivity contribution in [3.05, 3.63) is 77.9 Å². The molecule has 7 heteroatoms. The Morgan fingerprint density at radius 3 is 2.57 bits per heavy atom. The molecule has 0 fully saturated rings. The van der Waals surface area contributed by atoms with Crippen molar-refractivity contribution in [1.29, 1.82) is 0 Å². The number of benzene rings is 2. The molecule has 0 radical (unpaired) electrons. The average molecular weight is 410 g/mol. The minimum atomic E-state index is 0.332. The summed E-state index contributed by atoms with van der Waals surface area (Å²) in [5.74, 6) is 0.715. The van der Waals surface area contributed by atoms with Gasteiger partial charge in [-0.25, -0.2) is 15.0 Å². The predicted molar refractivity (Wildman–Crippen MR) is 115 cm³/mol. The fourth-order valence-electron chi connectivity index (χ4n) is 3.56. The average Bonchev–Trinajstić information content (AvgIpc) is 3.18. The lowest BCUT2D eigenvalue weighted by Crippen LogP contribution is -1.97. The van der Waals surface area contributed by atoms with Crippen LogP contribution in [-0.2, 0) is 0 Å². The summed E-state index contributed by atoms with van der Waals surface area (Å²) in [5.41, 5.74) is 4.24. The maximum Gasteiger partial charge on any atom is 0.250 e. The van der Waals surface area contributed by atoms with Crippen molar-refractivity contribution in [2.45, 2.75) is 0 Å². The monoisotopic (exact) mass is 409 g/mol. The molecule has 2 aromatic carbocycles. The molecule has 2 aliphatic heterocycles. The van der Waals surface area contributed by atoms with E-state index in [1.54, 1.807) is 12.3 Å². The van der Waals surface area contributed by atoms with E-state index in [0.29, 0.717) is 44.9 Å². The van der Waals surface area contributed by atoms with Gasteiger partial charge in [-0.1, -0.05) is 54.1 Å². The fraction of sp³-hybridized carbons (Fsp3) is 0. The number of rotatable bonds is 2. The predicted octanol–water partition coefficient (Wildman–Crippen LogP) is 5.65. The van der Waals surface area contributed by atoms with Gasteiger partial charge < -0.3 is 4.42 Å². The maximum atomic E-state index is 6.29. The van der Waals surface area contributed by atoms with Gasteiger partial charge in [0.1, 0.15) is 0 Å². The van der Waals surface area contributed by atoms with Crippen LogP contribution in [0.15, 0.2) is 77.3 Å². The van der Waals surface area contributed by atoms with Crippen LogP contribution in [-0.4, -0.2) is 25.1 Å². The third-order valence-electron chi connectivity index (χ3n) is 4.96. The molecule has 0 saturated heterocycles. The molecule has 0 bridgehead atoms. The second-order valence-electron chi connectivity index (χ2n) is 6.81. The highest BCUT2D eigenvalue weighted by molar-refractivity contribution is 6.35. The Kier molecular flexibility index (Phi) is 3.72. The van der Waals surface area contributed by atoms with Crippen molar-refractivity contribution in [3.8, 4) is 34.3 Å². The molecule has 6 rings (SSSR count). The van der Waals surface area contributed by atoms with E-state index in [9.17, 15) is 0 Å². The van der Waals surface area contributed by atoms with Gasteiger partial charge in [0, 0.05) is 22.5 Å². The highest BCUT2D eigenvalue weighted by Gasteiger charge is 2.22. The number of nitrogens with zero attached hydrogens (tertiary/aromatic N) is 5. The van der Waals surface area contributed by atoms with Gasteiger partial charge in [-0.3, -0.25) is 0 Å². The second kappa shape index (κ2) is 6.57. The van der Waals surface area contributed by atoms with E-state index in [2.05, 4.69) is 20.2 Å². The third kappa shape index (κ3) is 2.62. The number of aromatic nitrogens is 5. The van der Waals surface area contributed by atoms with E-state index in [-0.39, 0.29) is 0 Å². The standard InChI is InChI=1S/C23H12ClN5O/c24-17-10-4-9-15-19(17)27-23-20(15)28-29-22(30-23)16-12-14-8-5-11-25-21(14)26-18(16)13-6-2-1-3-7-13/h1-12H. The first-order chi connectivity index (χ1) is 14.8. The molecular weight excluding hydrogens is 398 g/mol. The molecule has 0 unspecified atom stereocenters. The van der Waals surface area contributed by atoms with E-state index in [0.717, 1.165) is 16.3 Å². The molecular formula is C23H12ClN5O. The lowest BCUT2D eigenvalue weighted by atomic mass is 10.0. The van der Waals surface area contributed by atoms with Crippen molar-refractivity contribution in [2.75, 3.05) is 0 Å². The number of hydrogen-bond acceptors (Lipinski definition) is 6. The normalized spacial score (nSPS) is 11.5. The van der Waals surface area contributed by atoms with Crippen LogP contribution in [0.1, 0.15) is 0 Å². The van der Waals surface area contributed by atoms with Crippen molar-refractivity contribution in [3.63, 3.8) is 0 Å². The van der Waals surface area contributed by atoms with Gasteiger partial charge in [-0.15, -0.1) is 10.2 Å². The van der Waals surface area contributed by atoms with Crippen molar-refractivity contribution < 1.29 is 4.42 Å². The van der Waals surface area contributed by atoms with E-state index in [4.69, 9.17) is 21.0 Å². The summed E-state index contributed by atoms with van der Waals surface area (Å²) < 4.78 is 6.10. The number of fused-ring (bicyclic) bond motifs is 4. The molecule has 6 nitrogen and oxygen atoms in total. The van der Waals surface area contributed by atoms with Gasteiger partial charge in [0.15, 0.2) is 11.3 Å². The number of pyridine rings is 2. The van der Waals surface area contributed by atoms with Crippen molar-refractivity contribution >= 4 is 33.5 Å². The molecule has 0 amide bonds. The lowest BCUT2D eigenvalue weighted by molar-refractivity contribution is 0.531. The summed E-state index contributed by atoms with van der Waals surface area (Å²) in [5, 5.41) is 11.0. The largest absolute Gasteiger partial charge is 0.416 e. The Labute approximate surface area is 175 Å². The molecule has 0 spiro atoms. The first-order valence-electron chi connectivity index (χ1n) is 9.31. The zero-order valence-corrected chi connectivity index (χ0v) is 16.2. The fourth-order valence-corrected chi connectivity index (χ4v) is 3.78. The summed E-state index contributed by atoms with van der Waals surface area (Å²) in [4.78, 5) is 13.7. The van der Waals surface area contributed by atoms with Crippen LogP contribution in [0.2, 0.25) is 5.02 Å². The van der Waals surface area contributed by atoms with Gasteiger partial charge >= 0.3 is 0 Å². The molecule has 0 N–H and O–H groups in total. The van der Waals surface area contributed by atoms with Gasteiger partial charge in [0.05, 0.1) is 21.8 Å². The molecule has 0 atom stereocenters. The van der Waals surface area contributed by atoms with Crippen molar-refractivity contribution in [2.24, 2.45) is 0 Å². The van der Waals surface area contributed by atoms with Crippen LogP contribution in [0, 0.1) is 0 Å². The summed E-state index contributed by atoms with van der Waals surface area (Å²) in [6.45, 7) is 0. The van der Waals surface area contributed by atoms with E-state index in [1.165, 1.54) is 0 Å². The van der Waals surface area contributed by atoms with Crippen LogP contribution in [0.5, 0.6) is 0 Å². The smallest absolute Gasteiger partial charge is 0.250 e. The molecule has 0 aliphatic carbocycles. The van der Waals surface area contributed by atoms with Crippen LogP contribution in [0.25, 0.3) is 56.2 Å². The number of halogens is 1. The van der Waals surface area contributed by atoms with E-state index in [1.807, 2.05) is 60.7 Å². The maximum absolute atomic E-state index is 6.29. The third-order valence-corrected chi connectivity index (χ3v) is 5.26. The SMILES string of the molecule is Clc1cccc2c3nnc(-c4cc5cccnc5nc4-c4ccccc4)oc-3nc12. The zero-order chi connectivity index (χ0) is 20.1. The van der Waals surface area contributed by atoms with Crippen molar-refractivity contribution in [1.82, 2.24) is 25.1 Å². The Hall–Kier alpha value is -3.90. The highest BCUT2D eigenvalue weighted by atomic mass is 35.5. The number of hydrogen-bond donors (Lipinski definition) is 0. The lowest BCUT2D eigenvalue weighted by Gasteiger charge is -2.09. The van der Waals surface area contributed by atoms with Gasteiger partial charge in [-0.2, -0.15) is 0 Å². The first-order valence-corrected chi connectivity index (χ1v) is 9.69. The summed E-state index contributed by atoms with van der Waals surface area (Å²) in [6.07, 6.45) is 1.73. The summed E-state index contributed by atoms with van der Waals surface area (Å²) >= 11 is 6.29. The molecule has 2 aliphatic rings. The zero-order valence-electron chi connectivity index (χ0n) is 15.5. The molecule has 142 valence electrons. The van der Waals surface area contributed by atoms with Crippen LogP contribution >= 0.6 is 11.6 Å². The summed E-state index contributed by atoms with van der Waals surface area (Å²) in [7, 11) is 0. The Morgan fingerprint density at radius 1 is 0.767 bits per heavy atom. The molecule has 0 saturated carbocycles. The Balaban J connectivity index is 1.64. The van der Waals surface area contributed by atoms with E-state index < -0.39 is 0 Å². The van der Waals surface area contributed by atoms with Crippen LogP contribution < -0.4 is 0 Å². The minimum absolute atomic E-state index is 0.332. The summed E-state index contributed by atoms with van der Waals surface area (Å²) in [6, 6.07) is 21.2. The highest BCUT2D eigenvalue weighted by Crippen LogP contribution is 2.37. The van der Waals surface area contributed by atoms with Crippen LogP contribution in [0.4, 0.5) is 0 Å². The molecule has 4 heterocycles. The Bertz CT molecular complexity index is 1510. The first kappa shape index (κ1) is 17.0. The second-order valence-corrected chi connectivity index (χ2v) is 7.22. The van der Waals surface area contributed by atoms with Crippen LogP contribution in [0.3, 0.4) is 0 Å². The Morgan fingerprint density at radius 2 is 1.67 bits per heavy atom. The topological polar surface area (TPSA) is 77.6 Å². The number of para-hydroxylation sites is 1. The molecule has 30 heavy (non-hydrogen) atoms. The van der Waals surface area contributed by atoms with Gasteiger partial charge in [-0.05, 0) is 24.3 Å². The van der Waals surface area contributed by atoms with Gasteiger partial charge in [0.25, 0.3) is 5.89 Å². The molecule has 2 aromatic heterocycles. The molecule has 4 aromatic rings. The van der Waals surface area contributed by atoms with E-state index >= 15 is 0 Å².